The first-order chi connectivity index (χ1) is 25.2. The average Bonchev–Trinajstić information content (AvgIpc) is 3.22. The van der Waals surface area contributed by atoms with Crippen LogP contribution in [-0.4, -0.2) is 15.0 Å². The SMILES string of the molecule is O=P1(c2nc(-c3ccccc3)nc(-c3ccccc3)n2)c2c(-c3ccccc3)cccc2-c2ccccc2N1c1cccc(-c2ccccc2)c1. The van der Waals surface area contributed by atoms with E-state index in [1.54, 1.807) is 0 Å². The second-order valence-corrected chi connectivity index (χ2v) is 14.8. The van der Waals surface area contributed by atoms with E-state index in [0.29, 0.717) is 17.0 Å². The Balaban J connectivity index is 1.40. The van der Waals surface area contributed by atoms with Gasteiger partial charge >= 0.3 is 0 Å². The Morgan fingerprint density at radius 1 is 0.392 bits per heavy atom. The van der Waals surface area contributed by atoms with Crippen molar-refractivity contribution in [3.63, 3.8) is 0 Å². The van der Waals surface area contributed by atoms with Crippen LogP contribution in [0.15, 0.2) is 188 Å². The van der Waals surface area contributed by atoms with E-state index in [2.05, 4.69) is 54.6 Å². The second kappa shape index (κ2) is 12.8. The van der Waals surface area contributed by atoms with Crippen LogP contribution in [0.25, 0.3) is 56.2 Å². The Bertz CT molecular complexity index is 2490. The van der Waals surface area contributed by atoms with Gasteiger partial charge in [0, 0.05) is 22.4 Å². The van der Waals surface area contributed by atoms with Gasteiger partial charge in [0.05, 0.1) is 11.0 Å². The third-order valence-electron chi connectivity index (χ3n) is 9.28. The van der Waals surface area contributed by atoms with Crippen LogP contribution >= 0.6 is 7.29 Å². The van der Waals surface area contributed by atoms with Crippen molar-refractivity contribution in [2.24, 2.45) is 0 Å². The molecular formula is C45H31N4OP. The van der Waals surface area contributed by atoms with Gasteiger partial charge in [0.15, 0.2) is 11.6 Å². The monoisotopic (exact) mass is 674 g/mol. The summed E-state index contributed by atoms with van der Waals surface area (Å²) in [6, 6.07) is 62.8. The molecule has 8 aromatic rings. The molecule has 0 saturated heterocycles. The van der Waals surface area contributed by atoms with Gasteiger partial charge in [0.25, 0.3) is 7.29 Å². The number of nitrogens with zero attached hydrogens (tertiary/aromatic N) is 4. The number of hydrogen-bond acceptors (Lipinski definition) is 4. The smallest absolute Gasteiger partial charge is 0.271 e. The van der Waals surface area contributed by atoms with Gasteiger partial charge in [-0.25, -0.2) is 15.0 Å². The van der Waals surface area contributed by atoms with Crippen LogP contribution in [0.5, 0.6) is 0 Å². The summed E-state index contributed by atoms with van der Waals surface area (Å²) >= 11 is 0. The molecule has 0 aliphatic carbocycles. The number of fused-ring (bicyclic) bond motifs is 3. The highest BCUT2D eigenvalue weighted by molar-refractivity contribution is 7.80. The van der Waals surface area contributed by atoms with E-state index in [0.717, 1.165) is 55.9 Å². The summed E-state index contributed by atoms with van der Waals surface area (Å²) in [6.45, 7) is 0. The molecule has 0 radical (unpaired) electrons. The van der Waals surface area contributed by atoms with Crippen LogP contribution in [0.1, 0.15) is 0 Å². The van der Waals surface area contributed by atoms with E-state index in [1.807, 2.05) is 138 Å². The Labute approximate surface area is 297 Å². The zero-order valence-corrected chi connectivity index (χ0v) is 28.4. The van der Waals surface area contributed by atoms with Crippen LogP contribution in [-0.2, 0) is 4.57 Å². The lowest BCUT2D eigenvalue weighted by atomic mass is 9.97. The van der Waals surface area contributed by atoms with Crippen LogP contribution in [0, 0.1) is 0 Å². The van der Waals surface area contributed by atoms with Gasteiger partial charge in [-0.3, -0.25) is 9.24 Å². The molecule has 1 atom stereocenters. The number of benzene rings is 7. The highest BCUT2D eigenvalue weighted by Crippen LogP contribution is 2.62. The molecule has 0 N–H and O–H groups in total. The number of anilines is 2. The van der Waals surface area contributed by atoms with Gasteiger partial charge in [-0.05, 0) is 46.0 Å². The fraction of sp³-hybridized carbons (Fsp3) is 0. The molecule has 1 aromatic heterocycles. The molecule has 5 nitrogen and oxygen atoms in total. The van der Waals surface area contributed by atoms with Crippen LogP contribution in [0.3, 0.4) is 0 Å². The van der Waals surface area contributed by atoms with Gasteiger partial charge in [-0.1, -0.05) is 170 Å². The number of hydrogen-bond donors (Lipinski definition) is 0. The Kier molecular flexibility index (Phi) is 7.68. The van der Waals surface area contributed by atoms with Gasteiger partial charge < -0.3 is 0 Å². The Morgan fingerprint density at radius 2 is 0.863 bits per heavy atom. The molecule has 1 unspecified atom stereocenters. The Hall–Kier alpha value is -6.42. The molecular weight excluding hydrogens is 643 g/mol. The molecule has 7 aromatic carbocycles. The quantitative estimate of drug-likeness (QED) is 0.164. The van der Waals surface area contributed by atoms with Crippen LogP contribution in [0.2, 0.25) is 0 Å². The lowest BCUT2D eigenvalue weighted by Crippen LogP contribution is -2.37. The highest BCUT2D eigenvalue weighted by Gasteiger charge is 2.47. The van der Waals surface area contributed by atoms with Crippen molar-refractivity contribution >= 4 is 29.5 Å². The van der Waals surface area contributed by atoms with Crippen molar-refractivity contribution in [2.45, 2.75) is 0 Å². The van der Waals surface area contributed by atoms with E-state index in [4.69, 9.17) is 15.0 Å². The second-order valence-electron chi connectivity index (χ2n) is 12.4. The third-order valence-corrected chi connectivity index (χ3v) is 12.1. The van der Waals surface area contributed by atoms with Crippen molar-refractivity contribution in [1.82, 2.24) is 15.0 Å². The van der Waals surface area contributed by atoms with Crippen molar-refractivity contribution in [2.75, 3.05) is 4.67 Å². The van der Waals surface area contributed by atoms with Crippen LogP contribution < -0.4 is 15.5 Å². The minimum Gasteiger partial charge on any atom is -0.286 e. The maximum Gasteiger partial charge on any atom is 0.271 e. The van der Waals surface area contributed by atoms with E-state index < -0.39 is 7.29 Å². The van der Waals surface area contributed by atoms with Crippen molar-refractivity contribution in [1.29, 1.82) is 0 Å². The van der Waals surface area contributed by atoms with Crippen molar-refractivity contribution in [3.05, 3.63) is 188 Å². The summed E-state index contributed by atoms with van der Waals surface area (Å²) in [7, 11) is -3.96. The molecule has 0 saturated carbocycles. The summed E-state index contributed by atoms with van der Waals surface area (Å²) < 4.78 is 19.1. The van der Waals surface area contributed by atoms with Crippen LogP contribution in [0.4, 0.5) is 11.4 Å². The summed E-state index contributed by atoms with van der Waals surface area (Å²) in [5, 5.41) is 0.698. The lowest BCUT2D eigenvalue weighted by Gasteiger charge is -2.40. The summed E-state index contributed by atoms with van der Waals surface area (Å²) in [4.78, 5) is 15.3. The number of para-hydroxylation sites is 1. The lowest BCUT2D eigenvalue weighted by molar-refractivity contribution is 0.585. The van der Waals surface area contributed by atoms with E-state index >= 15 is 4.57 Å². The largest absolute Gasteiger partial charge is 0.286 e. The molecule has 1 aliphatic rings. The maximum absolute atomic E-state index is 17.1. The van der Waals surface area contributed by atoms with E-state index in [9.17, 15) is 0 Å². The first-order valence-electron chi connectivity index (χ1n) is 16.9. The molecule has 0 amide bonds. The predicted octanol–water partition coefficient (Wildman–Crippen LogP) is 10.6. The van der Waals surface area contributed by atoms with E-state index in [-0.39, 0.29) is 5.57 Å². The third kappa shape index (κ3) is 5.36. The van der Waals surface area contributed by atoms with Gasteiger partial charge in [-0.15, -0.1) is 0 Å². The van der Waals surface area contributed by atoms with Crippen molar-refractivity contribution < 1.29 is 4.57 Å². The Morgan fingerprint density at radius 3 is 1.49 bits per heavy atom. The first kappa shape index (κ1) is 30.6. The predicted molar refractivity (Wildman–Crippen MR) is 209 cm³/mol. The minimum atomic E-state index is -3.96. The molecule has 9 rings (SSSR count). The van der Waals surface area contributed by atoms with E-state index in [1.165, 1.54) is 0 Å². The van der Waals surface area contributed by atoms with Gasteiger partial charge in [0.2, 0.25) is 5.57 Å². The standard InChI is InChI=1S/C45H31N4OP/c50-51(45-47-43(34-21-9-3-10-22-34)46-44(48-45)35-23-11-4-12-24-35)42-38(33-19-7-2-8-20-33)28-16-29-40(42)39-27-13-14-30-41(39)49(51)37-26-15-25-36(31-37)32-17-5-1-6-18-32/h1-31H. The summed E-state index contributed by atoms with van der Waals surface area (Å²) in [5.41, 5.74) is 9.28. The minimum absolute atomic E-state index is 0.222. The van der Waals surface area contributed by atoms with Gasteiger partial charge in [-0.2, -0.15) is 0 Å². The summed E-state index contributed by atoms with van der Waals surface area (Å²) in [5.74, 6) is 0.926. The number of rotatable bonds is 6. The fourth-order valence-corrected chi connectivity index (χ4v) is 9.97. The molecule has 2 heterocycles. The molecule has 1 aliphatic heterocycles. The fourth-order valence-electron chi connectivity index (χ4n) is 6.95. The zero-order valence-electron chi connectivity index (χ0n) is 27.5. The zero-order chi connectivity index (χ0) is 34.2. The highest BCUT2D eigenvalue weighted by atomic mass is 31.2. The van der Waals surface area contributed by atoms with Crippen molar-refractivity contribution in [3.8, 4) is 56.2 Å². The van der Waals surface area contributed by atoms with Gasteiger partial charge in [0.1, 0.15) is 0 Å². The normalized spacial score (nSPS) is 14.8. The molecule has 242 valence electrons. The average molecular weight is 675 g/mol. The molecule has 51 heavy (non-hydrogen) atoms. The maximum atomic E-state index is 17.1. The molecule has 0 fully saturated rings. The summed E-state index contributed by atoms with van der Waals surface area (Å²) in [6.07, 6.45) is 0. The molecule has 0 bridgehead atoms. The molecule has 0 spiro atoms. The number of aromatic nitrogens is 3. The molecule has 6 heteroatoms. The first-order valence-corrected chi connectivity index (χ1v) is 18.6. The topological polar surface area (TPSA) is 59.0 Å².